The average Bonchev–Trinajstić information content (AvgIpc) is 2.40. The van der Waals surface area contributed by atoms with E-state index in [1.165, 1.54) is 31.2 Å². The summed E-state index contributed by atoms with van der Waals surface area (Å²) in [4.78, 5) is 0. The Labute approximate surface area is 144 Å². The molecule has 0 heterocycles. The Morgan fingerprint density at radius 1 is 1.10 bits per heavy atom. The maximum atomic E-state index is 6.77. The molecule has 2 rings (SSSR count). The number of alkyl halides is 1. The molecule has 1 aromatic rings. The van der Waals surface area contributed by atoms with E-state index in [-0.39, 0.29) is 5.38 Å². The molecule has 1 unspecified atom stereocenters. The molecule has 3 heteroatoms. The summed E-state index contributed by atoms with van der Waals surface area (Å²) in [5.74, 6) is 1.44. The summed E-state index contributed by atoms with van der Waals surface area (Å²) in [5, 5.41) is 0.114. The van der Waals surface area contributed by atoms with Gasteiger partial charge in [0.1, 0.15) is 0 Å². The Morgan fingerprint density at radius 2 is 1.70 bits per heavy atom. The maximum absolute atomic E-state index is 6.77. The minimum Gasteiger partial charge on any atom is -0.117 e. The van der Waals surface area contributed by atoms with E-state index in [9.17, 15) is 0 Å². The van der Waals surface area contributed by atoms with Crippen LogP contribution in [-0.4, -0.2) is 0 Å². The van der Waals surface area contributed by atoms with Crippen molar-refractivity contribution in [3.8, 4) is 0 Å². The first-order chi connectivity index (χ1) is 9.29. The van der Waals surface area contributed by atoms with Gasteiger partial charge in [-0.25, -0.2) is 0 Å². The van der Waals surface area contributed by atoms with Gasteiger partial charge in [-0.3, -0.25) is 0 Å². The maximum Gasteiger partial charge on any atom is 0.0624 e. The smallest absolute Gasteiger partial charge is 0.0624 e. The first-order valence-corrected chi connectivity index (χ1v) is 9.40. The molecule has 0 spiro atoms. The number of rotatable bonds is 2. The molecule has 112 valence electrons. The monoisotopic (exact) mass is 420 g/mol. The summed E-state index contributed by atoms with van der Waals surface area (Å²) in [6.07, 6.45) is 5.11. The first kappa shape index (κ1) is 16.8. The van der Waals surface area contributed by atoms with Crippen LogP contribution in [0.25, 0.3) is 0 Å². The van der Waals surface area contributed by atoms with Gasteiger partial charge in [-0.2, -0.15) is 0 Å². The number of hydrogen-bond acceptors (Lipinski definition) is 0. The van der Waals surface area contributed by atoms with Gasteiger partial charge >= 0.3 is 0 Å². The molecule has 1 aromatic carbocycles. The van der Waals surface area contributed by atoms with E-state index < -0.39 is 0 Å². The summed E-state index contributed by atoms with van der Waals surface area (Å²) >= 11 is 14.0. The molecule has 0 radical (unpaired) electrons. The van der Waals surface area contributed by atoms with Crippen molar-refractivity contribution in [3.05, 3.63) is 32.7 Å². The lowest BCUT2D eigenvalue weighted by atomic mass is 9.69. The second-order valence-electron chi connectivity index (χ2n) is 7.05. The summed E-state index contributed by atoms with van der Waals surface area (Å²) in [6.45, 7) is 7.09. The van der Waals surface area contributed by atoms with Crippen molar-refractivity contribution < 1.29 is 0 Å². The third-order valence-corrected chi connectivity index (χ3v) is 6.47. The van der Waals surface area contributed by atoms with Gasteiger partial charge < -0.3 is 0 Å². The molecular weight excluding hydrogens is 399 g/mol. The highest BCUT2D eigenvalue weighted by Crippen LogP contribution is 2.46. The third-order valence-electron chi connectivity index (χ3n) is 4.67. The zero-order chi connectivity index (χ0) is 14.9. The molecular formula is C17H23Br2Cl. The van der Waals surface area contributed by atoms with E-state index in [2.05, 4.69) is 64.8 Å². The van der Waals surface area contributed by atoms with Gasteiger partial charge in [0.05, 0.1) is 5.38 Å². The molecule has 1 saturated carbocycles. The molecule has 0 nitrogen and oxygen atoms in total. The fourth-order valence-corrected chi connectivity index (χ4v) is 4.69. The second-order valence-corrected chi connectivity index (χ2v) is 9.29. The molecule has 1 atom stereocenters. The van der Waals surface area contributed by atoms with E-state index >= 15 is 0 Å². The van der Waals surface area contributed by atoms with Crippen LogP contribution in [0.5, 0.6) is 0 Å². The Balaban J connectivity index is 2.05. The van der Waals surface area contributed by atoms with Crippen LogP contribution in [0.2, 0.25) is 0 Å². The largest absolute Gasteiger partial charge is 0.117 e. The highest BCUT2D eigenvalue weighted by molar-refractivity contribution is 9.11. The fraction of sp³-hybridized carbons (Fsp3) is 0.647. The molecule has 1 aliphatic rings. The molecule has 0 amide bonds. The van der Waals surface area contributed by atoms with Crippen LogP contribution < -0.4 is 0 Å². The van der Waals surface area contributed by atoms with E-state index in [4.69, 9.17) is 11.6 Å². The highest BCUT2D eigenvalue weighted by atomic mass is 79.9. The lowest BCUT2D eigenvalue weighted by Crippen LogP contribution is -2.27. The molecule has 0 aromatic heterocycles. The van der Waals surface area contributed by atoms with Crippen molar-refractivity contribution in [2.24, 2.45) is 17.3 Å². The normalized spacial score (nSPS) is 25.5. The predicted molar refractivity (Wildman–Crippen MR) is 95.3 cm³/mol. The minimum atomic E-state index is 0.114. The van der Waals surface area contributed by atoms with Crippen molar-refractivity contribution in [2.75, 3.05) is 0 Å². The summed E-state index contributed by atoms with van der Waals surface area (Å²) in [5.41, 5.74) is 1.66. The van der Waals surface area contributed by atoms with E-state index in [1.54, 1.807) is 0 Å². The molecule has 0 aliphatic heterocycles. The first-order valence-electron chi connectivity index (χ1n) is 7.38. The summed E-state index contributed by atoms with van der Waals surface area (Å²) < 4.78 is 2.23. The van der Waals surface area contributed by atoms with E-state index in [1.807, 2.05) is 6.07 Å². The zero-order valence-corrected chi connectivity index (χ0v) is 16.4. The SMILES string of the molecule is CC(C)(C)C1CCC(C(Cl)c2cc(Br)ccc2Br)CC1. The Morgan fingerprint density at radius 3 is 2.25 bits per heavy atom. The third kappa shape index (κ3) is 4.01. The quantitative estimate of drug-likeness (QED) is 0.437. The van der Waals surface area contributed by atoms with Crippen molar-refractivity contribution in [1.82, 2.24) is 0 Å². The molecule has 1 aliphatic carbocycles. The number of benzene rings is 1. The Hall–Kier alpha value is 0.470. The predicted octanol–water partition coefficient (Wildman–Crippen LogP) is 7.34. The molecule has 0 saturated heterocycles. The topological polar surface area (TPSA) is 0 Å². The van der Waals surface area contributed by atoms with Crippen LogP contribution in [0.15, 0.2) is 27.1 Å². The Bertz CT molecular complexity index is 457. The van der Waals surface area contributed by atoms with Gasteiger partial charge in [0, 0.05) is 8.95 Å². The van der Waals surface area contributed by atoms with Gasteiger partial charge in [0.15, 0.2) is 0 Å². The fourth-order valence-electron chi connectivity index (χ4n) is 3.26. The van der Waals surface area contributed by atoms with Crippen LogP contribution in [0, 0.1) is 17.3 Å². The zero-order valence-electron chi connectivity index (χ0n) is 12.4. The molecule has 0 bridgehead atoms. The van der Waals surface area contributed by atoms with Gasteiger partial charge in [0.2, 0.25) is 0 Å². The van der Waals surface area contributed by atoms with E-state index in [0.29, 0.717) is 11.3 Å². The van der Waals surface area contributed by atoms with Gasteiger partial charge in [-0.1, -0.05) is 52.6 Å². The standard InChI is InChI=1S/C17H23Br2Cl/c1-17(2,3)12-6-4-11(5-7-12)16(20)14-10-13(18)8-9-15(14)19/h8-12,16H,4-7H2,1-3H3. The Kier molecular flexibility index (Phi) is 5.64. The van der Waals surface area contributed by atoms with Gasteiger partial charge in [-0.05, 0) is 66.7 Å². The summed E-state index contributed by atoms with van der Waals surface area (Å²) in [6, 6.07) is 6.28. The average molecular weight is 423 g/mol. The van der Waals surface area contributed by atoms with Crippen molar-refractivity contribution >= 4 is 43.5 Å². The lowest BCUT2D eigenvalue weighted by Gasteiger charge is -2.38. The lowest BCUT2D eigenvalue weighted by molar-refractivity contribution is 0.148. The van der Waals surface area contributed by atoms with Gasteiger partial charge in [0.25, 0.3) is 0 Å². The summed E-state index contributed by atoms with van der Waals surface area (Å²) in [7, 11) is 0. The van der Waals surface area contributed by atoms with Crippen LogP contribution in [-0.2, 0) is 0 Å². The molecule has 20 heavy (non-hydrogen) atoms. The van der Waals surface area contributed by atoms with Crippen LogP contribution in [0.1, 0.15) is 57.4 Å². The molecule has 0 N–H and O–H groups in total. The molecule has 1 fully saturated rings. The second kappa shape index (κ2) is 6.71. The van der Waals surface area contributed by atoms with Crippen LogP contribution in [0.3, 0.4) is 0 Å². The highest BCUT2D eigenvalue weighted by Gasteiger charge is 2.33. The van der Waals surface area contributed by atoms with Crippen LogP contribution in [0.4, 0.5) is 0 Å². The van der Waals surface area contributed by atoms with Gasteiger partial charge in [-0.15, -0.1) is 11.6 Å². The van der Waals surface area contributed by atoms with Crippen molar-refractivity contribution in [3.63, 3.8) is 0 Å². The van der Waals surface area contributed by atoms with Crippen molar-refractivity contribution in [1.29, 1.82) is 0 Å². The van der Waals surface area contributed by atoms with E-state index in [0.717, 1.165) is 14.9 Å². The number of halogens is 3. The number of hydrogen-bond donors (Lipinski definition) is 0. The van der Waals surface area contributed by atoms with Crippen LogP contribution >= 0.6 is 43.5 Å². The van der Waals surface area contributed by atoms with Crippen molar-refractivity contribution in [2.45, 2.75) is 51.8 Å². The minimum absolute atomic E-state index is 0.114.